The molecule has 1 N–H and O–H groups in total. The first-order chi connectivity index (χ1) is 6.77. The van der Waals surface area contributed by atoms with Crippen LogP contribution >= 0.6 is 11.3 Å². The number of benzene rings is 1. The second-order valence-electron chi connectivity index (χ2n) is 2.84. The van der Waals surface area contributed by atoms with E-state index in [9.17, 15) is 4.39 Å². The summed E-state index contributed by atoms with van der Waals surface area (Å²) in [6, 6.07) is 4.84. The predicted octanol–water partition coefficient (Wildman–Crippen LogP) is 2.54. The lowest BCUT2D eigenvalue weighted by atomic mass is 10.2. The Kier molecular flexibility index (Phi) is 2.39. The lowest BCUT2D eigenvalue weighted by Gasteiger charge is -1.98. The molecular weight excluding hydrogens is 203 g/mol. The van der Waals surface area contributed by atoms with E-state index in [4.69, 9.17) is 9.84 Å². The predicted molar refractivity (Wildman–Crippen MR) is 54.3 cm³/mol. The molecular formula is C10H9FO2S. The van der Waals surface area contributed by atoms with Gasteiger partial charge in [0.25, 0.3) is 0 Å². The summed E-state index contributed by atoms with van der Waals surface area (Å²) < 4.78 is 19.3. The van der Waals surface area contributed by atoms with Gasteiger partial charge >= 0.3 is 0 Å². The Bertz CT molecular complexity index is 464. The molecule has 0 atom stereocenters. The summed E-state index contributed by atoms with van der Waals surface area (Å²) in [7, 11) is 1.52. The molecule has 2 rings (SSSR count). The van der Waals surface area contributed by atoms with E-state index in [1.54, 1.807) is 6.07 Å². The molecule has 2 nitrogen and oxygen atoms in total. The van der Waals surface area contributed by atoms with Gasteiger partial charge in [0.1, 0.15) is 5.82 Å². The molecule has 2 aromatic rings. The van der Waals surface area contributed by atoms with E-state index in [0.29, 0.717) is 16.0 Å². The summed E-state index contributed by atoms with van der Waals surface area (Å²) in [5.41, 5.74) is 0.533. The zero-order chi connectivity index (χ0) is 10.1. The highest BCUT2D eigenvalue weighted by molar-refractivity contribution is 7.21. The van der Waals surface area contributed by atoms with Crippen molar-refractivity contribution in [3.63, 3.8) is 0 Å². The minimum Gasteiger partial charge on any atom is -0.487 e. The van der Waals surface area contributed by atoms with Gasteiger partial charge < -0.3 is 9.84 Å². The molecule has 1 aromatic carbocycles. The average Bonchev–Trinajstić information content (AvgIpc) is 2.56. The van der Waals surface area contributed by atoms with Crippen LogP contribution in [0.2, 0.25) is 0 Å². The van der Waals surface area contributed by atoms with Crippen molar-refractivity contribution < 1.29 is 14.2 Å². The van der Waals surface area contributed by atoms with E-state index < -0.39 is 0 Å². The quantitative estimate of drug-likeness (QED) is 0.829. The largest absolute Gasteiger partial charge is 0.487 e. The maximum Gasteiger partial charge on any atom is 0.180 e. The number of aliphatic hydroxyl groups excluding tert-OH is 1. The molecule has 1 aromatic heterocycles. The van der Waals surface area contributed by atoms with Crippen LogP contribution in [0.15, 0.2) is 18.2 Å². The van der Waals surface area contributed by atoms with E-state index in [-0.39, 0.29) is 12.4 Å². The number of halogens is 1. The van der Waals surface area contributed by atoms with Crippen LogP contribution < -0.4 is 4.74 Å². The molecule has 0 radical (unpaired) electrons. The Morgan fingerprint density at radius 2 is 2.29 bits per heavy atom. The van der Waals surface area contributed by atoms with Crippen LogP contribution in [-0.4, -0.2) is 12.2 Å². The lowest BCUT2D eigenvalue weighted by Crippen LogP contribution is -1.88. The zero-order valence-electron chi connectivity index (χ0n) is 7.58. The fourth-order valence-electron chi connectivity index (χ4n) is 1.45. The van der Waals surface area contributed by atoms with Gasteiger partial charge in [-0.1, -0.05) is 17.4 Å². The van der Waals surface area contributed by atoms with Crippen molar-refractivity contribution in [3.05, 3.63) is 29.6 Å². The van der Waals surface area contributed by atoms with Crippen molar-refractivity contribution in [2.24, 2.45) is 0 Å². The molecule has 0 fully saturated rings. The first-order valence-electron chi connectivity index (χ1n) is 4.12. The molecule has 0 amide bonds. The maximum absolute atomic E-state index is 13.4. The molecule has 1 heterocycles. The third-order valence-electron chi connectivity index (χ3n) is 2.07. The monoisotopic (exact) mass is 212 g/mol. The fraction of sp³-hybridized carbons (Fsp3) is 0.200. The van der Waals surface area contributed by atoms with E-state index in [1.807, 2.05) is 6.07 Å². The van der Waals surface area contributed by atoms with Gasteiger partial charge in [-0.05, 0) is 12.1 Å². The van der Waals surface area contributed by atoms with Crippen molar-refractivity contribution in [2.75, 3.05) is 7.11 Å². The Morgan fingerprint density at radius 3 is 2.93 bits per heavy atom. The van der Waals surface area contributed by atoms with Gasteiger partial charge in [-0.15, -0.1) is 0 Å². The van der Waals surface area contributed by atoms with Crippen LogP contribution in [0, 0.1) is 5.82 Å². The smallest absolute Gasteiger partial charge is 0.180 e. The first-order valence-corrected chi connectivity index (χ1v) is 4.94. The van der Waals surface area contributed by atoms with Gasteiger partial charge in [-0.25, -0.2) is 4.39 Å². The highest BCUT2D eigenvalue weighted by Crippen LogP contribution is 2.38. The maximum atomic E-state index is 13.4. The van der Waals surface area contributed by atoms with Crippen LogP contribution in [-0.2, 0) is 6.61 Å². The molecule has 74 valence electrons. The van der Waals surface area contributed by atoms with Gasteiger partial charge in [-0.2, -0.15) is 0 Å². The summed E-state index contributed by atoms with van der Waals surface area (Å²) in [5, 5.41) is 10.2. The number of aliphatic hydroxyl groups is 1. The van der Waals surface area contributed by atoms with Crippen LogP contribution in [0.4, 0.5) is 4.39 Å². The van der Waals surface area contributed by atoms with E-state index >= 15 is 0 Å². The Balaban J connectivity index is 2.81. The average molecular weight is 212 g/mol. The van der Waals surface area contributed by atoms with Gasteiger partial charge in [0.2, 0.25) is 0 Å². The fourth-order valence-corrected chi connectivity index (χ4v) is 2.50. The highest BCUT2D eigenvalue weighted by Gasteiger charge is 2.14. The summed E-state index contributed by atoms with van der Waals surface area (Å²) in [6.45, 7) is -0.204. The Hall–Kier alpha value is -1.13. The van der Waals surface area contributed by atoms with Crippen molar-refractivity contribution in [2.45, 2.75) is 6.61 Å². The van der Waals surface area contributed by atoms with Crippen LogP contribution in [0.25, 0.3) is 10.1 Å². The number of ether oxygens (including phenoxy) is 1. The minimum absolute atomic E-state index is 0.204. The normalized spacial score (nSPS) is 10.8. The summed E-state index contributed by atoms with van der Waals surface area (Å²) >= 11 is 1.34. The molecule has 0 aliphatic heterocycles. The second kappa shape index (κ2) is 3.55. The highest BCUT2D eigenvalue weighted by atomic mass is 32.1. The van der Waals surface area contributed by atoms with Crippen molar-refractivity contribution in [1.29, 1.82) is 0 Å². The molecule has 0 aliphatic carbocycles. The number of rotatable bonds is 2. The first kappa shape index (κ1) is 9.43. The van der Waals surface area contributed by atoms with Gasteiger partial charge in [0.15, 0.2) is 5.06 Å². The number of hydrogen-bond donors (Lipinski definition) is 1. The molecule has 14 heavy (non-hydrogen) atoms. The SMILES string of the molecule is COc1sc2cccc(F)c2c1CO. The Labute approximate surface area is 84.6 Å². The number of thiophene rings is 1. The summed E-state index contributed by atoms with van der Waals surface area (Å²) in [4.78, 5) is 0. The van der Waals surface area contributed by atoms with Crippen LogP contribution in [0.5, 0.6) is 5.06 Å². The molecule has 0 aliphatic rings. The zero-order valence-corrected chi connectivity index (χ0v) is 8.40. The molecule has 4 heteroatoms. The number of hydrogen-bond acceptors (Lipinski definition) is 3. The minimum atomic E-state index is -0.314. The topological polar surface area (TPSA) is 29.5 Å². The van der Waals surface area contributed by atoms with Crippen molar-refractivity contribution in [1.82, 2.24) is 0 Å². The number of fused-ring (bicyclic) bond motifs is 1. The van der Waals surface area contributed by atoms with Gasteiger partial charge in [-0.3, -0.25) is 0 Å². The summed E-state index contributed by atoms with van der Waals surface area (Å²) in [5.74, 6) is -0.314. The molecule has 0 spiro atoms. The third kappa shape index (κ3) is 1.27. The van der Waals surface area contributed by atoms with E-state index in [1.165, 1.54) is 24.5 Å². The molecule has 0 unspecified atom stereocenters. The van der Waals surface area contributed by atoms with Gasteiger partial charge in [0.05, 0.1) is 13.7 Å². The van der Waals surface area contributed by atoms with Gasteiger partial charge in [0, 0.05) is 15.6 Å². The molecule has 0 saturated carbocycles. The summed E-state index contributed by atoms with van der Waals surface area (Å²) in [6.07, 6.45) is 0. The standard InChI is InChI=1S/C10H9FO2S/c1-13-10-6(5-12)9-7(11)3-2-4-8(9)14-10/h2-4,12H,5H2,1H3. The van der Waals surface area contributed by atoms with E-state index in [2.05, 4.69) is 0 Å². The molecule has 0 saturated heterocycles. The van der Waals surface area contributed by atoms with Crippen molar-refractivity contribution in [3.8, 4) is 5.06 Å². The number of methoxy groups -OCH3 is 1. The van der Waals surface area contributed by atoms with Crippen LogP contribution in [0.1, 0.15) is 5.56 Å². The third-order valence-corrected chi connectivity index (χ3v) is 3.23. The lowest BCUT2D eigenvalue weighted by molar-refractivity contribution is 0.277. The second-order valence-corrected chi connectivity index (χ2v) is 3.86. The van der Waals surface area contributed by atoms with Crippen LogP contribution in [0.3, 0.4) is 0 Å². The molecule has 0 bridgehead atoms. The van der Waals surface area contributed by atoms with Crippen molar-refractivity contribution >= 4 is 21.4 Å². The Morgan fingerprint density at radius 1 is 1.50 bits per heavy atom. The van der Waals surface area contributed by atoms with E-state index in [0.717, 1.165) is 4.70 Å².